The quantitative estimate of drug-likeness (QED) is 0.278. The number of ether oxygens (including phenoxy) is 1. The number of aliphatic hydroxyl groups is 5. The third-order valence-electron chi connectivity index (χ3n) is 3.05. The summed E-state index contributed by atoms with van der Waals surface area (Å²) in [4.78, 5) is 14.6. The van der Waals surface area contributed by atoms with Crippen molar-refractivity contribution in [1.29, 1.82) is 0 Å². The van der Waals surface area contributed by atoms with E-state index in [2.05, 4.69) is 4.99 Å². The van der Waals surface area contributed by atoms with Gasteiger partial charge in [0.2, 0.25) is 5.72 Å². The van der Waals surface area contributed by atoms with Crippen LogP contribution >= 0.6 is 0 Å². The number of aliphatic hydroxyl groups excluding tert-OH is 4. The molecule has 122 valence electrons. The topological polar surface area (TPSA) is 140 Å². The van der Waals surface area contributed by atoms with Crippen LogP contribution in [0.4, 0.5) is 0 Å². The van der Waals surface area contributed by atoms with E-state index < -0.39 is 30.6 Å². The highest BCUT2D eigenvalue weighted by Crippen LogP contribution is 2.17. The van der Waals surface area contributed by atoms with Crippen LogP contribution in [0.2, 0.25) is 0 Å². The summed E-state index contributed by atoms with van der Waals surface area (Å²) in [6, 6.07) is 6.45. The standard InChI is InChI=1S/C14H19NO7/c1-22-10-4-2-9(3-5-10)6-15-14(21,8-17)13(20)12(19)11(18)7-16/h2-6,8,11-13,16,18-21H,7H2,1H3. The summed E-state index contributed by atoms with van der Waals surface area (Å²) >= 11 is 0. The number of methoxy groups -OCH3 is 1. The van der Waals surface area contributed by atoms with Crippen LogP contribution < -0.4 is 4.74 Å². The molecule has 0 aliphatic heterocycles. The van der Waals surface area contributed by atoms with Crippen molar-refractivity contribution in [2.75, 3.05) is 13.7 Å². The molecule has 0 heterocycles. The molecule has 0 aromatic heterocycles. The number of carbonyl (C=O) groups excluding carboxylic acids is 1. The van der Waals surface area contributed by atoms with E-state index in [4.69, 9.17) is 9.84 Å². The maximum atomic E-state index is 11.0. The summed E-state index contributed by atoms with van der Waals surface area (Å²) in [6.07, 6.45) is -4.73. The molecule has 0 aliphatic carbocycles. The Hall–Kier alpha value is -1.84. The minimum absolute atomic E-state index is 0.0645. The predicted octanol–water partition coefficient (Wildman–Crippen LogP) is -1.92. The van der Waals surface area contributed by atoms with Gasteiger partial charge in [0.15, 0.2) is 6.29 Å². The number of aldehydes is 1. The van der Waals surface area contributed by atoms with E-state index >= 15 is 0 Å². The molecule has 0 spiro atoms. The first-order valence-electron chi connectivity index (χ1n) is 6.41. The van der Waals surface area contributed by atoms with Crippen LogP contribution in [0.5, 0.6) is 5.75 Å². The number of rotatable bonds is 8. The molecule has 1 rings (SSSR count). The fraction of sp³-hybridized carbons (Fsp3) is 0.429. The second-order valence-corrected chi connectivity index (χ2v) is 4.62. The molecule has 5 N–H and O–H groups in total. The highest BCUT2D eigenvalue weighted by molar-refractivity contribution is 5.82. The van der Waals surface area contributed by atoms with Crippen molar-refractivity contribution in [2.24, 2.45) is 4.99 Å². The first-order chi connectivity index (χ1) is 10.4. The van der Waals surface area contributed by atoms with Crippen LogP contribution in [0.1, 0.15) is 5.56 Å². The number of hydrogen-bond acceptors (Lipinski definition) is 8. The van der Waals surface area contributed by atoms with Crippen molar-refractivity contribution >= 4 is 12.5 Å². The summed E-state index contributed by atoms with van der Waals surface area (Å²) in [5, 5.41) is 47.2. The van der Waals surface area contributed by atoms with Crippen LogP contribution in [0.3, 0.4) is 0 Å². The Morgan fingerprint density at radius 3 is 2.32 bits per heavy atom. The summed E-state index contributed by atoms with van der Waals surface area (Å²) in [6.45, 7) is -0.852. The molecule has 0 aliphatic rings. The number of hydrogen-bond donors (Lipinski definition) is 5. The van der Waals surface area contributed by atoms with Gasteiger partial charge in [-0.1, -0.05) is 0 Å². The fourth-order valence-corrected chi connectivity index (χ4v) is 1.61. The molecule has 4 unspecified atom stereocenters. The van der Waals surface area contributed by atoms with E-state index in [-0.39, 0.29) is 6.29 Å². The van der Waals surface area contributed by atoms with Gasteiger partial charge in [0.05, 0.1) is 13.7 Å². The maximum Gasteiger partial charge on any atom is 0.241 e. The van der Waals surface area contributed by atoms with Gasteiger partial charge in [-0.05, 0) is 29.8 Å². The van der Waals surface area contributed by atoms with Gasteiger partial charge in [-0.25, -0.2) is 4.99 Å². The second kappa shape index (κ2) is 7.97. The van der Waals surface area contributed by atoms with Gasteiger partial charge in [-0.2, -0.15) is 0 Å². The largest absolute Gasteiger partial charge is 0.497 e. The van der Waals surface area contributed by atoms with E-state index in [0.29, 0.717) is 11.3 Å². The Morgan fingerprint density at radius 2 is 1.86 bits per heavy atom. The Kier molecular flexibility index (Phi) is 6.60. The number of aliphatic imine (C=N–C) groups is 1. The van der Waals surface area contributed by atoms with Crippen molar-refractivity contribution in [2.45, 2.75) is 24.0 Å². The Bertz CT molecular complexity index is 504. The fourth-order valence-electron chi connectivity index (χ4n) is 1.61. The second-order valence-electron chi connectivity index (χ2n) is 4.62. The van der Waals surface area contributed by atoms with Gasteiger partial charge in [0.1, 0.15) is 24.1 Å². The van der Waals surface area contributed by atoms with Crippen LogP contribution in [0.25, 0.3) is 0 Å². The van der Waals surface area contributed by atoms with Gasteiger partial charge in [0.25, 0.3) is 0 Å². The molecule has 0 bridgehead atoms. The lowest BCUT2D eigenvalue weighted by Gasteiger charge is -2.29. The van der Waals surface area contributed by atoms with Crippen LogP contribution in [-0.4, -0.2) is 75.8 Å². The summed E-state index contributed by atoms with van der Waals surface area (Å²) in [7, 11) is 1.50. The Labute approximate surface area is 126 Å². The molecule has 0 saturated carbocycles. The molecule has 1 aromatic carbocycles. The van der Waals surface area contributed by atoms with Crippen molar-refractivity contribution in [1.82, 2.24) is 0 Å². The summed E-state index contributed by atoms with van der Waals surface area (Å²) in [5.41, 5.74) is -2.15. The first-order valence-corrected chi connectivity index (χ1v) is 6.41. The zero-order valence-electron chi connectivity index (χ0n) is 11.9. The lowest BCUT2D eigenvalue weighted by atomic mass is 9.99. The van der Waals surface area contributed by atoms with Gasteiger partial charge < -0.3 is 30.3 Å². The lowest BCUT2D eigenvalue weighted by Crippen LogP contribution is -2.53. The molecule has 0 saturated heterocycles. The zero-order valence-corrected chi connectivity index (χ0v) is 11.9. The molecule has 22 heavy (non-hydrogen) atoms. The predicted molar refractivity (Wildman–Crippen MR) is 76.7 cm³/mol. The summed E-state index contributed by atoms with van der Waals surface area (Å²) < 4.78 is 4.97. The molecule has 8 heteroatoms. The molecular weight excluding hydrogens is 294 g/mol. The zero-order chi connectivity index (χ0) is 16.8. The average Bonchev–Trinajstić information content (AvgIpc) is 2.57. The van der Waals surface area contributed by atoms with E-state index in [1.165, 1.54) is 7.11 Å². The van der Waals surface area contributed by atoms with Gasteiger partial charge in [0, 0.05) is 6.21 Å². The minimum Gasteiger partial charge on any atom is -0.497 e. The van der Waals surface area contributed by atoms with E-state index in [9.17, 15) is 25.2 Å². The number of nitrogens with zero attached hydrogens (tertiary/aromatic N) is 1. The van der Waals surface area contributed by atoms with E-state index in [1.807, 2.05) is 0 Å². The molecular formula is C14H19NO7. The average molecular weight is 313 g/mol. The Morgan fingerprint density at radius 1 is 1.27 bits per heavy atom. The smallest absolute Gasteiger partial charge is 0.241 e. The van der Waals surface area contributed by atoms with E-state index in [0.717, 1.165) is 6.21 Å². The van der Waals surface area contributed by atoms with Crippen molar-refractivity contribution < 1.29 is 35.1 Å². The van der Waals surface area contributed by atoms with Crippen LogP contribution in [-0.2, 0) is 4.79 Å². The summed E-state index contributed by atoms with van der Waals surface area (Å²) in [5.74, 6) is 0.601. The molecule has 8 nitrogen and oxygen atoms in total. The maximum absolute atomic E-state index is 11.0. The monoisotopic (exact) mass is 313 g/mol. The van der Waals surface area contributed by atoms with Crippen molar-refractivity contribution in [3.63, 3.8) is 0 Å². The molecule has 1 aromatic rings. The first kappa shape index (κ1) is 18.2. The van der Waals surface area contributed by atoms with Crippen LogP contribution in [0.15, 0.2) is 29.3 Å². The third-order valence-corrected chi connectivity index (χ3v) is 3.05. The SMILES string of the molecule is COc1ccc(C=NC(O)(C=O)C(O)C(O)C(O)CO)cc1. The highest BCUT2D eigenvalue weighted by Gasteiger charge is 2.42. The minimum atomic E-state index is -2.66. The molecule has 0 amide bonds. The lowest BCUT2D eigenvalue weighted by molar-refractivity contribution is -0.162. The van der Waals surface area contributed by atoms with Crippen LogP contribution in [0, 0.1) is 0 Å². The number of benzene rings is 1. The van der Waals surface area contributed by atoms with Gasteiger partial charge in [-0.15, -0.1) is 0 Å². The van der Waals surface area contributed by atoms with Crippen molar-refractivity contribution in [3.8, 4) is 5.75 Å². The normalized spacial score (nSPS) is 18.5. The Balaban J connectivity index is 2.92. The van der Waals surface area contributed by atoms with Gasteiger partial charge in [-0.3, -0.25) is 4.79 Å². The highest BCUT2D eigenvalue weighted by atomic mass is 16.5. The van der Waals surface area contributed by atoms with Gasteiger partial charge >= 0.3 is 0 Å². The third kappa shape index (κ3) is 4.33. The van der Waals surface area contributed by atoms with Crippen molar-refractivity contribution in [3.05, 3.63) is 29.8 Å². The van der Waals surface area contributed by atoms with E-state index in [1.54, 1.807) is 24.3 Å². The molecule has 4 atom stereocenters. The molecule has 0 radical (unpaired) electrons. The number of carbonyl (C=O) groups is 1. The molecule has 0 fully saturated rings.